The maximum absolute atomic E-state index is 12.1. The number of hydrogen-bond donors (Lipinski definition) is 3. The topological polar surface area (TPSA) is 106 Å². The molecule has 0 aliphatic carbocycles. The van der Waals surface area contributed by atoms with E-state index in [-0.39, 0.29) is 10.8 Å². The molecule has 0 spiro atoms. The molecule has 130 valence electrons. The SMILES string of the molecule is COc1ccc(C(=O)NC(=S)NNc2ccc([N+](=O)[O-])cc2)cc1Br. The van der Waals surface area contributed by atoms with Gasteiger partial charge in [-0.1, -0.05) is 0 Å². The van der Waals surface area contributed by atoms with Gasteiger partial charge in [-0.2, -0.15) is 0 Å². The van der Waals surface area contributed by atoms with Gasteiger partial charge in [0.2, 0.25) is 0 Å². The van der Waals surface area contributed by atoms with E-state index in [1.54, 1.807) is 18.2 Å². The Hall–Kier alpha value is -2.72. The van der Waals surface area contributed by atoms with Crippen LogP contribution in [0.4, 0.5) is 11.4 Å². The maximum Gasteiger partial charge on any atom is 0.269 e. The number of nitrogens with zero attached hydrogens (tertiary/aromatic N) is 1. The first-order valence-corrected chi connectivity index (χ1v) is 8.06. The van der Waals surface area contributed by atoms with Crippen molar-refractivity contribution in [3.8, 4) is 5.75 Å². The number of nitrogens with one attached hydrogen (secondary N) is 3. The number of anilines is 1. The average molecular weight is 425 g/mol. The Kier molecular flexibility index (Phi) is 6.25. The lowest BCUT2D eigenvalue weighted by molar-refractivity contribution is -0.384. The number of methoxy groups -OCH3 is 1. The molecule has 0 heterocycles. The van der Waals surface area contributed by atoms with Crippen LogP contribution in [-0.2, 0) is 0 Å². The minimum Gasteiger partial charge on any atom is -0.496 e. The third-order valence-electron chi connectivity index (χ3n) is 3.04. The largest absolute Gasteiger partial charge is 0.496 e. The van der Waals surface area contributed by atoms with E-state index in [0.717, 1.165) is 0 Å². The van der Waals surface area contributed by atoms with E-state index in [1.165, 1.54) is 31.4 Å². The number of carbonyl (C=O) groups excluding carboxylic acids is 1. The van der Waals surface area contributed by atoms with Crippen molar-refractivity contribution in [3.05, 3.63) is 62.6 Å². The molecule has 0 aliphatic heterocycles. The second-order valence-corrected chi connectivity index (χ2v) is 5.95. The Labute approximate surface area is 156 Å². The molecule has 0 saturated heterocycles. The second-order valence-electron chi connectivity index (χ2n) is 4.69. The van der Waals surface area contributed by atoms with E-state index in [1.807, 2.05) is 0 Å². The molecule has 0 radical (unpaired) electrons. The number of rotatable bonds is 5. The van der Waals surface area contributed by atoms with Gasteiger partial charge in [-0.15, -0.1) is 0 Å². The van der Waals surface area contributed by atoms with Crippen molar-refractivity contribution in [3.63, 3.8) is 0 Å². The summed E-state index contributed by atoms with van der Waals surface area (Å²) in [6.07, 6.45) is 0. The number of amides is 1. The van der Waals surface area contributed by atoms with E-state index in [4.69, 9.17) is 17.0 Å². The van der Waals surface area contributed by atoms with Crippen LogP contribution in [0.2, 0.25) is 0 Å². The molecule has 0 bridgehead atoms. The smallest absolute Gasteiger partial charge is 0.269 e. The average Bonchev–Trinajstić information content (AvgIpc) is 2.60. The van der Waals surface area contributed by atoms with Gasteiger partial charge in [0.25, 0.3) is 11.6 Å². The Morgan fingerprint density at radius 3 is 2.48 bits per heavy atom. The van der Waals surface area contributed by atoms with Crippen LogP contribution in [0.15, 0.2) is 46.9 Å². The van der Waals surface area contributed by atoms with Crippen LogP contribution in [0.5, 0.6) is 5.75 Å². The first-order valence-electron chi connectivity index (χ1n) is 6.86. The molecule has 0 unspecified atom stereocenters. The van der Waals surface area contributed by atoms with Crippen molar-refractivity contribution < 1.29 is 14.5 Å². The molecule has 0 atom stereocenters. The fourth-order valence-corrected chi connectivity index (χ4v) is 2.49. The molecule has 2 aromatic rings. The molecule has 25 heavy (non-hydrogen) atoms. The number of benzene rings is 2. The molecule has 8 nitrogen and oxygen atoms in total. The lowest BCUT2D eigenvalue weighted by Crippen LogP contribution is -2.41. The molecule has 1 amide bonds. The van der Waals surface area contributed by atoms with Crippen LogP contribution in [0, 0.1) is 10.1 Å². The van der Waals surface area contributed by atoms with Gasteiger partial charge in [0.15, 0.2) is 5.11 Å². The molecule has 3 N–H and O–H groups in total. The van der Waals surface area contributed by atoms with Crippen LogP contribution in [-0.4, -0.2) is 23.1 Å². The van der Waals surface area contributed by atoms with E-state index < -0.39 is 10.8 Å². The summed E-state index contributed by atoms with van der Waals surface area (Å²) in [4.78, 5) is 22.2. The number of thiocarbonyl (C=S) groups is 1. The van der Waals surface area contributed by atoms with Crippen LogP contribution in [0.3, 0.4) is 0 Å². The number of hydrazine groups is 1. The summed E-state index contributed by atoms with van der Waals surface area (Å²) in [6.45, 7) is 0. The monoisotopic (exact) mass is 424 g/mol. The Morgan fingerprint density at radius 1 is 1.24 bits per heavy atom. The number of non-ortho nitro benzene ring substituents is 1. The van der Waals surface area contributed by atoms with E-state index in [0.29, 0.717) is 21.5 Å². The van der Waals surface area contributed by atoms with Crippen molar-refractivity contribution in [1.29, 1.82) is 0 Å². The molecule has 0 saturated carbocycles. The lowest BCUT2D eigenvalue weighted by atomic mass is 10.2. The van der Waals surface area contributed by atoms with Gasteiger partial charge >= 0.3 is 0 Å². The van der Waals surface area contributed by atoms with Gasteiger partial charge in [-0.25, -0.2) is 0 Å². The van der Waals surface area contributed by atoms with Crippen molar-refractivity contribution >= 4 is 50.5 Å². The van der Waals surface area contributed by atoms with Crippen molar-refractivity contribution in [1.82, 2.24) is 10.7 Å². The first-order chi connectivity index (χ1) is 11.9. The van der Waals surface area contributed by atoms with E-state index in [2.05, 4.69) is 32.1 Å². The van der Waals surface area contributed by atoms with Gasteiger partial charge in [0, 0.05) is 17.7 Å². The third-order valence-corrected chi connectivity index (χ3v) is 3.86. The Bertz CT molecular complexity index is 814. The summed E-state index contributed by atoms with van der Waals surface area (Å²) in [7, 11) is 1.53. The second kappa shape index (κ2) is 8.40. The van der Waals surface area contributed by atoms with Gasteiger partial charge < -0.3 is 4.74 Å². The summed E-state index contributed by atoms with van der Waals surface area (Å²) < 4.78 is 5.75. The van der Waals surface area contributed by atoms with Crippen molar-refractivity contribution in [2.75, 3.05) is 12.5 Å². The maximum atomic E-state index is 12.1. The summed E-state index contributed by atoms with van der Waals surface area (Å²) >= 11 is 8.33. The zero-order chi connectivity index (χ0) is 18.4. The van der Waals surface area contributed by atoms with Crippen LogP contribution in [0.25, 0.3) is 0 Å². The molecule has 0 fully saturated rings. The van der Waals surface area contributed by atoms with Gasteiger partial charge in [0.1, 0.15) is 5.75 Å². The van der Waals surface area contributed by atoms with E-state index in [9.17, 15) is 14.9 Å². The van der Waals surface area contributed by atoms with E-state index >= 15 is 0 Å². The Morgan fingerprint density at radius 2 is 1.92 bits per heavy atom. The highest BCUT2D eigenvalue weighted by Crippen LogP contribution is 2.25. The molecular weight excluding hydrogens is 412 g/mol. The van der Waals surface area contributed by atoms with Gasteiger partial charge in [-0.3, -0.25) is 31.1 Å². The fourth-order valence-electron chi connectivity index (χ4n) is 1.81. The minimum atomic E-state index is -0.491. The number of nitro benzene ring substituents is 1. The molecule has 2 rings (SSSR count). The summed E-state index contributed by atoms with van der Waals surface area (Å²) in [5.41, 5.74) is 6.29. The summed E-state index contributed by atoms with van der Waals surface area (Å²) in [5.74, 6) is 0.212. The zero-order valence-corrected chi connectivity index (χ0v) is 15.3. The number of nitro groups is 1. The predicted octanol–water partition coefficient (Wildman–Crippen LogP) is 3.00. The third kappa shape index (κ3) is 5.13. The number of ether oxygens (including phenoxy) is 1. The minimum absolute atomic E-state index is 0.0217. The van der Waals surface area contributed by atoms with Crippen LogP contribution in [0.1, 0.15) is 10.4 Å². The van der Waals surface area contributed by atoms with Crippen molar-refractivity contribution in [2.45, 2.75) is 0 Å². The molecule has 2 aromatic carbocycles. The summed E-state index contributed by atoms with van der Waals surface area (Å²) in [5, 5.41) is 13.1. The fraction of sp³-hybridized carbons (Fsp3) is 0.0667. The molecule has 0 aliphatic rings. The first kappa shape index (κ1) is 18.6. The number of halogens is 1. The van der Waals surface area contributed by atoms with Crippen molar-refractivity contribution in [2.24, 2.45) is 0 Å². The Balaban J connectivity index is 1.90. The van der Waals surface area contributed by atoms with Gasteiger partial charge in [-0.05, 0) is 58.5 Å². The highest BCUT2D eigenvalue weighted by atomic mass is 79.9. The van der Waals surface area contributed by atoms with Crippen LogP contribution >= 0.6 is 28.1 Å². The number of carbonyl (C=O) groups is 1. The lowest BCUT2D eigenvalue weighted by Gasteiger charge is -2.12. The number of hydrogen-bond acceptors (Lipinski definition) is 6. The van der Waals surface area contributed by atoms with Gasteiger partial charge in [0.05, 0.1) is 22.2 Å². The zero-order valence-electron chi connectivity index (χ0n) is 12.9. The predicted molar refractivity (Wildman–Crippen MR) is 101 cm³/mol. The molecule has 10 heteroatoms. The summed E-state index contributed by atoms with van der Waals surface area (Å²) in [6, 6.07) is 10.6. The highest BCUT2D eigenvalue weighted by molar-refractivity contribution is 9.10. The standard InChI is InChI=1S/C15H13BrN4O4S/c1-24-13-7-2-9(8-12(13)16)14(21)17-15(25)19-18-10-3-5-11(6-4-10)20(22)23/h2-8,18H,1H3,(H2,17,19,21,25). The molecular formula is C15H13BrN4O4S. The normalized spacial score (nSPS) is 9.84. The highest BCUT2D eigenvalue weighted by Gasteiger charge is 2.10. The molecule has 0 aromatic heterocycles. The quantitative estimate of drug-likeness (QED) is 0.384. The van der Waals surface area contributed by atoms with Crippen LogP contribution < -0.4 is 20.9 Å².